The van der Waals surface area contributed by atoms with Crippen LogP contribution in [0, 0.1) is 17.8 Å². The van der Waals surface area contributed by atoms with Crippen molar-refractivity contribution in [1.29, 1.82) is 0 Å². The lowest BCUT2D eigenvalue weighted by Gasteiger charge is -2.25. The van der Waals surface area contributed by atoms with Gasteiger partial charge in [0.1, 0.15) is 31.0 Å². The largest absolute Gasteiger partial charge is 0.463 e. The standard InChI is InChI=1S/C29H56O7/c1-21(2)11-8-13-23(4)15-10-17-24(5)16-9-14-22(3)12-6-7-18-27(33)36-20-26(32)29(35)28(34)25(31)19-30/h12,21,23-26,28-32,34-35H,6-11,13-20H2,1-5H3/b22-12+/t23?,24?,25-,26-,28-,29-/m0/s1. The Bertz CT molecular complexity index is 578. The molecule has 36 heavy (non-hydrogen) atoms. The number of esters is 1. The summed E-state index contributed by atoms with van der Waals surface area (Å²) in [4.78, 5) is 11.8. The van der Waals surface area contributed by atoms with Gasteiger partial charge in [-0.05, 0) is 50.4 Å². The summed E-state index contributed by atoms with van der Waals surface area (Å²) in [6.45, 7) is 10.2. The molecule has 214 valence electrons. The Morgan fingerprint density at radius 3 is 1.83 bits per heavy atom. The number of carbonyl (C=O) groups excluding carboxylic acids is 1. The normalized spacial score (nSPS) is 17.5. The number of aliphatic hydroxyl groups excluding tert-OH is 5. The second-order valence-corrected chi connectivity index (χ2v) is 11.3. The van der Waals surface area contributed by atoms with Crippen LogP contribution < -0.4 is 0 Å². The fourth-order valence-corrected chi connectivity index (χ4v) is 4.32. The monoisotopic (exact) mass is 516 g/mol. The van der Waals surface area contributed by atoms with Crippen LogP contribution in [0.4, 0.5) is 0 Å². The highest BCUT2D eigenvalue weighted by atomic mass is 16.5. The number of allylic oxidation sites excluding steroid dienone is 2. The SMILES string of the molecule is C/C(=C\CCCC(=O)OC[C@H](O)[C@H](O)[C@@H](O)[C@@H](O)CO)CCCC(C)CCCC(C)CCCC(C)C. The molecule has 0 aliphatic carbocycles. The van der Waals surface area contributed by atoms with Gasteiger partial charge in [-0.3, -0.25) is 4.79 Å². The van der Waals surface area contributed by atoms with Crippen LogP contribution in [0.25, 0.3) is 0 Å². The van der Waals surface area contributed by atoms with Crippen molar-refractivity contribution in [3.8, 4) is 0 Å². The van der Waals surface area contributed by atoms with Gasteiger partial charge in [0.15, 0.2) is 0 Å². The van der Waals surface area contributed by atoms with Crippen LogP contribution in [0.2, 0.25) is 0 Å². The third-order valence-corrected chi connectivity index (χ3v) is 6.96. The first kappa shape index (κ1) is 35.0. The molecule has 6 atom stereocenters. The van der Waals surface area contributed by atoms with Crippen LogP contribution in [-0.4, -0.2) is 69.1 Å². The van der Waals surface area contributed by atoms with E-state index in [-0.39, 0.29) is 6.42 Å². The Hall–Kier alpha value is -0.990. The molecular weight excluding hydrogens is 460 g/mol. The Labute approximate surface area is 220 Å². The van der Waals surface area contributed by atoms with Gasteiger partial charge in [-0.2, -0.15) is 0 Å². The molecule has 0 aliphatic heterocycles. The number of ether oxygens (including phenoxy) is 1. The van der Waals surface area contributed by atoms with Crippen LogP contribution in [0.15, 0.2) is 11.6 Å². The van der Waals surface area contributed by atoms with E-state index in [4.69, 9.17) is 9.84 Å². The van der Waals surface area contributed by atoms with Gasteiger partial charge in [0.2, 0.25) is 0 Å². The molecule has 0 aromatic rings. The molecule has 2 unspecified atom stereocenters. The van der Waals surface area contributed by atoms with Gasteiger partial charge in [-0.1, -0.05) is 84.3 Å². The molecule has 0 aromatic carbocycles. The second kappa shape index (κ2) is 21.0. The van der Waals surface area contributed by atoms with E-state index >= 15 is 0 Å². The van der Waals surface area contributed by atoms with Gasteiger partial charge >= 0.3 is 5.97 Å². The number of unbranched alkanes of at least 4 members (excludes halogenated alkanes) is 1. The minimum absolute atomic E-state index is 0.196. The average Bonchev–Trinajstić information content (AvgIpc) is 2.83. The van der Waals surface area contributed by atoms with Gasteiger partial charge in [0.05, 0.1) is 6.61 Å². The molecule has 0 radical (unpaired) electrons. The predicted molar refractivity (Wildman–Crippen MR) is 144 cm³/mol. The smallest absolute Gasteiger partial charge is 0.305 e. The first-order chi connectivity index (χ1) is 17.0. The molecule has 0 saturated heterocycles. The van der Waals surface area contributed by atoms with Crippen LogP contribution >= 0.6 is 0 Å². The predicted octanol–water partition coefficient (Wildman–Crippen LogP) is 4.52. The third-order valence-electron chi connectivity index (χ3n) is 6.96. The molecule has 0 bridgehead atoms. The van der Waals surface area contributed by atoms with Crippen LogP contribution in [0.5, 0.6) is 0 Å². The lowest BCUT2D eigenvalue weighted by atomic mass is 9.91. The zero-order chi connectivity index (χ0) is 27.5. The molecule has 7 nitrogen and oxygen atoms in total. The summed E-state index contributed by atoms with van der Waals surface area (Å²) in [7, 11) is 0. The first-order valence-electron chi connectivity index (χ1n) is 14.1. The summed E-state index contributed by atoms with van der Waals surface area (Å²) < 4.78 is 4.94. The molecule has 0 aliphatic rings. The summed E-state index contributed by atoms with van der Waals surface area (Å²) in [6.07, 6.45) is 8.75. The van der Waals surface area contributed by atoms with Crippen molar-refractivity contribution < 1.29 is 35.1 Å². The molecule has 0 heterocycles. The molecule has 0 rings (SSSR count). The lowest BCUT2D eigenvalue weighted by Crippen LogP contribution is -2.47. The molecule has 0 saturated carbocycles. The van der Waals surface area contributed by atoms with E-state index in [0.29, 0.717) is 6.42 Å². The highest BCUT2D eigenvalue weighted by Crippen LogP contribution is 2.22. The van der Waals surface area contributed by atoms with E-state index in [0.717, 1.165) is 30.6 Å². The minimum atomic E-state index is -1.73. The molecule has 0 aromatic heterocycles. The maximum atomic E-state index is 11.8. The summed E-state index contributed by atoms with van der Waals surface area (Å²) in [5.41, 5.74) is 1.34. The van der Waals surface area contributed by atoms with Crippen molar-refractivity contribution in [3.63, 3.8) is 0 Å². The van der Waals surface area contributed by atoms with E-state index in [1.54, 1.807) is 0 Å². The van der Waals surface area contributed by atoms with Crippen molar-refractivity contribution >= 4 is 5.97 Å². The van der Waals surface area contributed by atoms with Crippen molar-refractivity contribution in [1.82, 2.24) is 0 Å². The molecule has 0 fully saturated rings. The molecule has 0 amide bonds. The van der Waals surface area contributed by atoms with Crippen LogP contribution in [-0.2, 0) is 9.53 Å². The zero-order valence-electron chi connectivity index (χ0n) is 23.6. The number of hydrogen-bond donors (Lipinski definition) is 5. The second-order valence-electron chi connectivity index (χ2n) is 11.3. The number of carbonyl (C=O) groups is 1. The van der Waals surface area contributed by atoms with E-state index < -0.39 is 43.6 Å². The van der Waals surface area contributed by atoms with E-state index in [2.05, 4.69) is 40.7 Å². The molecule has 5 N–H and O–H groups in total. The summed E-state index contributed by atoms with van der Waals surface area (Å²) in [5, 5.41) is 47.1. The summed E-state index contributed by atoms with van der Waals surface area (Å²) >= 11 is 0. The molecule has 0 spiro atoms. The van der Waals surface area contributed by atoms with Crippen molar-refractivity contribution in [2.45, 2.75) is 136 Å². The molecular formula is C29H56O7. The zero-order valence-corrected chi connectivity index (χ0v) is 23.6. The van der Waals surface area contributed by atoms with E-state index in [1.807, 2.05) is 0 Å². The van der Waals surface area contributed by atoms with Crippen LogP contribution in [0.3, 0.4) is 0 Å². The van der Waals surface area contributed by atoms with Gasteiger partial charge in [0.25, 0.3) is 0 Å². The maximum Gasteiger partial charge on any atom is 0.305 e. The molecule has 7 heteroatoms. The highest BCUT2D eigenvalue weighted by Gasteiger charge is 2.30. The van der Waals surface area contributed by atoms with Crippen molar-refractivity contribution in [3.05, 3.63) is 11.6 Å². The first-order valence-corrected chi connectivity index (χ1v) is 14.1. The summed E-state index contributed by atoms with van der Waals surface area (Å²) in [6, 6.07) is 0. The summed E-state index contributed by atoms with van der Waals surface area (Å²) in [5.74, 6) is 1.92. The highest BCUT2D eigenvalue weighted by molar-refractivity contribution is 5.69. The number of hydrogen-bond acceptors (Lipinski definition) is 7. The van der Waals surface area contributed by atoms with Gasteiger partial charge in [-0.15, -0.1) is 0 Å². The van der Waals surface area contributed by atoms with Gasteiger partial charge in [-0.25, -0.2) is 0 Å². The quantitative estimate of drug-likeness (QED) is 0.0813. The average molecular weight is 517 g/mol. The van der Waals surface area contributed by atoms with Gasteiger partial charge in [0, 0.05) is 6.42 Å². The maximum absolute atomic E-state index is 11.8. The van der Waals surface area contributed by atoms with E-state index in [9.17, 15) is 25.2 Å². The van der Waals surface area contributed by atoms with Crippen LogP contribution in [0.1, 0.15) is 112 Å². The Balaban J connectivity index is 3.89. The fraction of sp³-hybridized carbons (Fsp3) is 0.897. The Morgan fingerprint density at radius 2 is 1.28 bits per heavy atom. The lowest BCUT2D eigenvalue weighted by molar-refractivity contribution is -0.156. The van der Waals surface area contributed by atoms with Crippen molar-refractivity contribution in [2.24, 2.45) is 17.8 Å². The van der Waals surface area contributed by atoms with Gasteiger partial charge < -0.3 is 30.3 Å². The number of rotatable bonds is 22. The Morgan fingerprint density at radius 1 is 0.750 bits per heavy atom. The Kier molecular flexibility index (Phi) is 20.4. The van der Waals surface area contributed by atoms with E-state index in [1.165, 1.54) is 56.9 Å². The topological polar surface area (TPSA) is 127 Å². The number of aliphatic hydroxyl groups is 5. The van der Waals surface area contributed by atoms with Crippen molar-refractivity contribution in [2.75, 3.05) is 13.2 Å². The minimum Gasteiger partial charge on any atom is -0.463 e. The third kappa shape index (κ3) is 18.3. The fourth-order valence-electron chi connectivity index (χ4n) is 4.32.